The Bertz CT molecular complexity index is 1050. The molecule has 2 saturated carbocycles. The molecular formula is C25H26N2O4S2. The second-order valence-corrected chi connectivity index (χ2v) is 10.3. The lowest BCUT2D eigenvalue weighted by Gasteiger charge is -2.33. The van der Waals surface area contributed by atoms with Crippen molar-refractivity contribution in [3.05, 3.63) is 44.8 Å². The van der Waals surface area contributed by atoms with Gasteiger partial charge in [0, 0.05) is 29.0 Å². The third kappa shape index (κ3) is 5.40. The smallest absolute Gasteiger partial charge is 0.316 e. The molecule has 0 aliphatic heterocycles. The van der Waals surface area contributed by atoms with Gasteiger partial charge in [-0.15, -0.1) is 22.7 Å². The topological polar surface area (TPSA) is 108 Å². The summed E-state index contributed by atoms with van der Waals surface area (Å²) in [6, 6.07) is 12.5. The highest BCUT2D eigenvalue weighted by molar-refractivity contribution is 7.10. The minimum atomic E-state index is -0.796. The van der Waals surface area contributed by atoms with E-state index in [2.05, 4.69) is 12.1 Å². The molecule has 0 radical (unpaired) electrons. The van der Waals surface area contributed by atoms with Crippen molar-refractivity contribution in [2.45, 2.75) is 62.7 Å². The van der Waals surface area contributed by atoms with Crippen molar-refractivity contribution in [2.24, 2.45) is 5.92 Å². The first-order valence-corrected chi connectivity index (χ1v) is 12.8. The fourth-order valence-electron chi connectivity index (χ4n) is 4.38. The Morgan fingerprint density at radius 2 is 1.55 bits per heavy atom. The fourth-order valence-corrected chi connectivity index (χ4v) is 6.24. The van der Waals surface area contributed by atoms with Crippen molar-refractivity contribution in [1.82, 2.24) is 0 Å². The van der Waals surface area contributed by atoms with Crippen LogP contribution in [0.15, 0.2) is 35.0 Å². The van der Waals surface area contributed by atoms with Crippen LogP contribution in [0.1, 0.15) is 61.6 Å². The average molecular weight is 483 g/mol. The van der Waals surface area contributed by atoms with E-state index in [1.54, 1.807) is 18.3 Å². The lowest BCUT2D eigenvalue weighted by molar-refractivity contribution is -0.153. The first-order valence-electron chi connectivity index (χ1n) is 11.0. The Morgan fingerprint density at radius 1 is 1.00 bits per heavy atom. The molecule has 4 rings (SSSR count). The van der Waals surface area contributed by atoms with E-state index < -0.39 is 17.3 Å². The summed E-state index contributed by atoms with van der Waals surface area (Å²) < 4.78 is 4.94. The third-order valence-electron chi connectivity index (χ3n) is 6.39. The molecular weight excluding hydrogens is 456 g/mol. The molecule has 0 spiro atoms. The number of ketones is 2. The molecule has 8 heteroatoms. The molecule has 2 atom stereocenters. The van der Waals surface area contributed by atoms with Gasteiger partial charge in [-0.1, -0.05) is 12.1 Å². The number of Topliss-reactive ketones (excluding diaryl/α,β-unsaturated/α-hetero) is 2. The molecule has 2 heterocycles. The van der Waals surface area contributed by atoms with E-state index >= 15 is 0 Å². The van der Waals surface area contributed by atoms with Gasteiger partial charge >= 0.3 is 5.97 Å². The largest absolute Gasteiger partial charge is 0.465 e. The SMILES string of the molecule is CCOC(=O)C1CC(C#N)(c2cccs2)CCC1=O.N#CC1(c2cccs2)CCC(=O)CC1. The molecule has 2 aromatic rings. The first-order chi connectivity index (χ1) is 15.9. The fraction of sp³-hybridized carbons (Fsp3) is 0.480. The van der Waals surface area contributed by atoms with E-state index in [0.717, 1.165) is 9.75 Å². The Hall–Kier alpha value is -2.81. The maximum absolute atomic E-state index is 11.9. The number of hydrogen-bond donors (Lipinski definition) is 0. The van der Waals surface area contributed by atoms with Gasteiger partial charge in [0.25, 0.3) is 0 Å². The number of ether oxygens (including phenoxy) is 1. The summed E-state index contributed by atoms with van der Waals surface area (Å²) in [7, 11) is 0. The Kier molecular flexibility index (Phi) is 8.18. The maximum atomic E-state index is 11.9. The third-order valence-corrected chi connectivity index (χ3v) is 8.53. The molecule has 2 aliphatic carbocycles. The Morgan fingerprint density at radius 3 is 2.03 bits per heavy atom. The normalized spacial score (nSPS) is 24.0. The summed E-state index contributed by atoms with van der Waals surface area (Å²) in [6.45, 7) is 1.96. The molecule has 0 N–H and O–H groups in total. The van der Waals surface area contributed by atoms with Crippen molar-refractivity contribution in [2.75, 3.05) is 6.61 Å². The van der Waals surface area contributed by atoms with Crippen LogP contribution < -0.4 is 0 Å². The highest BCUT2D eigenvalue weighted by Crippen LogP contribution is 2.42. The quantitative estimate of drug-likeness (QED) is 0.443. The number of rotatable bonds is 4. The van der Waals surface area contributed by atoms with Crippen molar-refractivity contribution in [3.8, 4) is 12.1 Å². The Labute approximate surface area is 201 Å². The first kappa shape index (κ1) is 24.8. The van der Waals surface area contributed by atoms with Gasteiger partial charge in [-0.25, -0.2) is 0 Å². The van der Waals surface area contributed by atoms with Crippen LogP contribution in [-0.2, 0) is 30.0 Å². The number of esters is 1. The molecule has 2 unspecified atom stereocenters. The zero-order chi connectivity index (χ0) is 23.9. The predicted octanol–water partition coefficient (Wildman–Crippen LogP) is 5.09. The summed E-state index contributed by atoms with van der Waals surface area (Å²) in [5.41, 5.74) is -1.10. The van der Waals surface area contributed by atoms with Gasteiger partial charge in [0.2, 0.25) is 0 Å². The summed E-state index contributed by atoms with van der Waals surface area (Å²) >= 11 is 3.12. The number of thiophene rings is 2. The van der Waals surface area contributed by atoms with Crippen LogP contribution in [0.3, 0.4) is 0 Å². The van der Waals surface area contributed by atoms with Crippen LogP contribution in [0.2, 0.25) is 0 Å². The Balaban J connectivity index is 0.000000194. The van der Waals surface area contributed by atoms with Crippen LogP contribution in [0, 0.1) is 28.6 Å². The summed E-state index contributed by atoms with van der Waals surface area (Å²) in [4.78, 5) is 36.9. The molecule has 2 aliphatic rings. The molecule has 6 nitrogen and oxygen atoms in total. The zero-order valence-corrected chi connectivity index (χ0v) is 20.2. The van der Waals surface area contributed by atoms with Crippen molar-refractivity contribution in [1.29, 1.82) is 10.5 Å². The van der Waals surface area contributed by atoms with Gasteiger partial charge in [0.15, 0.2) is 0 Å². The van der Waals surface area contributed by atoms with Gasteiger partial charge in [-0.05, 0) is 55.5 Å². The summed E-state index contributed by atoms with van der Waals surface area (Å²) in [6.07, 6.45) is 3.50. The van der Waals surface area contributed by atoms with Gasteiger partial charge in [-0.2, -0.15) is 10.5 Å². The van der Waals surface area contributed by atoms with Crippen molar-refractivity contribution < 1.29 is 19.1 Å². The highest BCUT2D eigenvalue weighted by Gasteiger charge is 2.46. The standard InChI is InChI=1S/C14H15NO3S.C11H11NOS/c1-2-18-13(17)10-8-14(9-15,6-5-11(10)16)12-4-3-7-19-12;12-8-11(10-2-1-7-14-10)5-3-9(13)4-6-11/h3-4,7,10H,2,5-6,8H2,1H3;1-2,7H,3-6H2. The van der Waals surface area contributed by atoms with Crippen LogP contribution in [-0.4, -0.2) is 24.1 Å². The molecule has 2 fully saturated rings. The van der Waals surface area contributed by atoms with E-state index in [1.165, 1.54) is 11.3 Å². The van der Waals surface area contributed by atoms with Crippen molar-refractivity contribution in [3.63, 3.8) is 0 Å². The van der Waals surface area contributed by atoms with Gasteiger partial charge in [0.05, 0.1) is 29.6 Å². The van der Waals surface area contributed by atoms with Crippen LogP contribution in [0.5, 0.6) is 0 Å². The summed E-state index contributed by atoms with van der Waals surface area (Å²) in [5.74, 6) is -1.10. The van der Waals surface area contributed by atoms with E-state index in [4.69, 9.17) is 4.74 Å². The van der Waals surface area contributed by atoms with Crippen LogP contribution in [0.4, 0.5) is 0 Å². The number of carbonyl (C=O) groups is 3. The number of hydrogen-bond acceptors (Lipinski definition) is 8. The van der Waals surface area contributed by atoms with Gasteiger partial charge < -0.3 is 4.74 Å². The lowest BCUT2D eigenvalue weighted by Crippen LogP contribution is -2.40. The highest BCUT2D eigenvalue weighted by atomic mass is 32.1. The minimum absolute atomic E-state index is 0.110. The molecule has 2 aromatic heterocycles. The molecule has 0 bridgehead atoms. The van der Waals surface area contributed by atoms with Gasteiger partial charge in [0.1, 0.15) is 17.5 Å². The summed E-state index contributed by atoms with van der Waals surface area (Å²) in [5, 5.41) is 22.7. The molecule has 0 amide bonds. The predicted molar refractivity (Wildman–Crippen MR) is 126 cm³/mol. The lowest BCUT2D eigenvalue weighted by atomic mass is 9.69. The van der Waals surface area contributed by atoms with E-state index in [9.17, 15) is 24.9 Å². The number of nitriles is 2. The van der Waals surface area contributed by atoms with E-state index in [1.807, 2.05) is 35.0 Å². The van der Waals surface area contributed by atoms with Crippen molar-refractivity contribution >= 4 is 40.2 Å². The molecule has 172 valence electrons. The van der Waals surface area contributed by atoms with Gasteiger partial charge in [-0.3, -0.25) is 14.4 Å². The average Bonchev–Trinajstić information content (AvgIpc) is 3.56. The number of nitrogens with zero attached hydrogens (tertiary/aromatic N) is 2. The molecule has 0 saturated heterocycles. The molecule has 0 aromatic carbocycles. The zero-order valence-electron chi connectivity index (χ0n) is 18.5. The maximum Gasteiger partial charge on any atom is 0.316 e. The van der Waals surface area contributed by atoms with E-state index in [0.29, 0.717) is 37.9 Å². The second-order valence-electron chi connectivity index (χ2n) is 8.36. The van der Waals surface area contributed by atoms with E-state index in [-0.39, 0.29) is 30.6 Å². The van der Waals surface area contributed by atoms with Crippen LogP contribution in [0.25, 0.3) is 0 Å². The van der Waals surface area contributed by atoms with Crippen LogP contribution >= 0.6 is 22.7 Å². The minimum Gasteiger partial charge on any atom is -0.465 e. The molecule has 33 heavy (non-hydrogen) atoms. The number of carbonyl (C=O) groups excluding carboxylic acids is 3. The second kappa shape index (κ2) is 10.9. The monoisotopic (exact) mass is 482 g/mol.